The number of methoxy groups -OCH3 is 1. The molecule has 2 rings (SSSR count). The molecule has 0 atom stereocenters. The minimum absolute atomic E-state index is 0.0435. The van der Waals surface area contributed by atoms with Crippen LogP contribution >= 0.6 is 0 Å². The zero-order valence-corrected chi connectivity index (χ0v) is 12.4. The second-order valence-corrected chi connectivity index (χ2v) is 4.84. The summed E-state index contributed by atoms with van der Waals surface area (Å²) in [6.07, 6.45) is 1.92. The molecule has 118 valence electrons. The first-order valence-electron chi connectivity index (χ1n) is 6.78. The molecule has 2 aromatic rings. The number of aliphatic carboxylic acids is 1. The van der Waals surface area contributed by atoms with Gasteiger partial charge in [-0.2, -0.15) is 5.26 Å². The van der Waals surface area contributed by atoms with Crippen molar-refractivity contribution in [2.45, 2.75) is 12.8 Å². The monoisotopic (exact) mass is 313 g/mol. The third kappa shape index (κ3) is 3.32. The van der Waals surface area contributed by atoms with E-state index in [4.69, 9.17) is 20.8 Å². The minimum Gasteiger partial charge on any atom is -0.481 e. The molecule has 0 unspecified atom stereocenters. The molecule has 0 radical (unpaired) electrons. The summed E-state index contributed by atoms with van der Waals surface area (Å²) in [6.45, 7) is 0. The maximum Gasteiger partial charge on any atom is 0.357 e. The summed E-state index contributed by atoms with van der Waals surface area (Å²) < 4.78 is 6.20. The van der Waals surface area contributed by atoms with Crippen molar-refractivity contribution in [1.82, 2.24) is 4.57 Å². The summed E-state index contributed by atoms with van der Waals surface area (Å²) in [7, 11) is 1.24. The Bertz CT molecular complexity index is 785. The Morgan fingerprint density at radius 3 is 2.52 bits per heavy atom. The third-order valence-corrected chi connectivity index (χ3v) is 3.39. The molecule has 0 aliphatic heterocycles. The Morgan fingerprint density at radius 2 is 2.00 bits per heavy atom. The zero-order chi connectivity index (χ0) is 17.0. The van der Waals surface area contributed by atoms with E-state index >= 15 is 0 Å². The maximum atomic E-state index is 11.9. The first-order valence-corrected chi connectivity index (χ1v) is 6.78. The Kier molecular flexibility index (Phi) is 4.66. The van der Waals surface area contributed by atoms with Crippen LogP contribution < -0.4 is 5.73 Å². The van der Waals surface area contributed by atoms with Gasteiger partial charge in [0, 0.05) is 18.3 Å². The number of nitrogens with zero attached hydrogens (tertiary/aromatic N) is 2. The van der Waals surface area contributed by atoms with Crippen LogP contribution in [-0.2, 0) is 16.0 Å². The maximum absolute atomic E-state index is 11.9. The van der Waals surface area contributed by atoms with Crippen LogP contribution in [0.3, 0.4) is 0 Å². The van der Waals surface area contributed by atoms with Crippen LogP contribution in [0.2, 0.25) is 0 Å². The number of hydrogen-bond donors (Lipinski definition) is 2. The van der Waals surface area contributed by atoms with Crippen LogP contribution in [0.1, 0.15) is 28.0 Å². The van der Waals surface area contributed by atoms with Crippen molar-refractivity contribution in [2.24, 2.45) is 0 Å². The number of carbonyl (C=O) groups is 2. The Balaban J connectivity index is 2.40. The number of benzene rings is 1. The van der Waals surface area contributed by atoms with Crippen LogP contribution in [-0.4, -0.2) is 28.7 Å². The number of anilines is 1. The number of rotatable bonds is 5. The predicted molar refractivity (Wildman–Crippen MR) is 82.2 cm³/mol. The van der Waals surface area contributed by atoms with Crippen molar-refractivity contribution < 1.29 is 19.4 Å². The van der Waals surface area contributed by atoms with Crippen molar-refractivity contribution in [2.75, 3.05) is 12.8 Å². The molecule has 0 saturated heterocycles. The van der Waals surface area contributed by atoms with Crippen molar-refractivity contribution in [3.63, 3.8) is 0 Å². The van der Waals surface area contributed by atoms with Gasteiger partial charge in [-0.1, -0.05) is 12.1 Å². The summed E-state index contributed by atoms with van der Waals surface area (Å²) in [5.41, 5.74) is 7.64. The molecule has 0 aliphatic carbocycles. The summed E-state index contributed by atoms with van der Waals surface area (Å²) >= 11 is 0. The van der Waals surface area contributed by atoms with Crippen LogP contribution in [0.5, 0.6) is 0 Å². The summed E-state index contributed by atoms with van der Waals surface area (Å²) in [5, 5.41) is 17.8. The van der Waals surface area contributed by atoms with E-state index < -0.39 is 11.9 Å². The first-order chi connectivity index (χ1) is 11.0. The summed E-state index contributed by atoms with van der Waals surface area (Å²) in [5.74, 6) is -1.50. The van der Waals surface area contributed by atoms with Gasteiger partial charge in [0.05, 0.1) is 18.4 Å². The molecule has 0 spiro atoms. The Hall–Kier alpha value is -3.27. The van der Waals surface area contributed by atoms with E-state index in [2.05, 4.69) is 0 Å². The van der Waals surface area contributed by atoms with Crippen molar-refractivity contribution in [1.29, 1.82) is 5.26 Å². The molecule has 23 heavy (non-hydrogen) atoms. The van der Waals surface area contributed by atoms with Gasteiger partial charge >= 0.3 is 11.9 Å². The number of nitrogens with two attached hydrogens (primary N) is 1. The number of carboxylic acid groups (broad SMARTS) is 1. The highest BCUT2D eigenvalue weighted by atomic mass is 16.5. The van der Waals surface area contributed by atoms with E-state index in [1.807, 2.05) is 6.07 Å². The lowest BCUT2D eigenvalue weighted by Crippen LogP contribution is -2.11. The number of esters is 1. The smallest absolute Gasteiger partial charge is 0.357 e. The van der Waals surface area contributed by atoms with E-state index in [-0.39, 0.29) is 23.4 Å². The lowest BCUT2D eigenvalue weighted by molar-refractivity contribution is -0.136. The van der Waals surface area contributed by atoms with Gasteiger partial charge < -0.3 is 20.1 Å². The zero-order valence-electron chi connectivity index (χ0n) is 12.4. The lowest BCUT2D eigenvalue weighted by Gasteiger charge is -2.09. The van der Waals surface area contributed by atoms with Gasteiger partial charge in [0.2, 0.25) is 0 Å². The number of ether oxygens (including phenoxy) is 1. The second kappa shape index (κ2) is 6.66. The molecular weight excluding hydrogens is 298 g/mol. The molecule has 7 nitrogen and oxygen atoms in total. The van der Waals surface area contributed by atoms with Gasteiger partial charge in [-0.3, -0.25) is 4.79 Å². The minimum atomic E-state index is -0.862. The van der Waals surface area contributed by atoms with Gasteiger partial charge in [-0.15, -0.1) is 0 Å². The van der Waals surface area contributed by atoms with Crippen molar-refractivity contribution >= 4 is 17.6 Å². The molecular formula is C16H15N3O4. The third-order valence-electron chi connectivity index (χ3n) is 3.39. The van der Waals surface area contributed by atoms with Gasteiger partial charge in [0.15, 0.2) is 5.69 Å². The largest absolute Gasteiger partial charge is 0.481 e. The van der Waals surface area contributed by atoms with Gasteiger partial charge in [0.1, 0.15) is 6.07 Å². The van der Waals surface area contributed by atoms with E-state index in [1.165, 1.54) is 17.9 Å². The highest BCUT2D eigenvalue weighted by Gasteiger charge is 2.21. The number of nitriles is 1. The molecule has 0 bridgehead atoms. The lowest BCUT2D eigenvalue weighted by atomic mass is 10.1. The Labute approximate surface area is 132 Å². The fourth-order valence-corrected chi connectivity index (χ4v) is 2.19. The average Bonchev–Trinajstić information content (AvgIpc) is 2.89. The van der Waals surface area contributed by atoms with Crippen LogP contribution in [0.4, 0.5) is 5.69 Å². The number of nitrogen functional groups attached to an aromatic ring is 1. The fraction of sp³-hybridized carbons (Fsp3) is 0.188. The second-order valence-electron chi connectivity index (χ2n) is 4.84. The first kappa shape index (κ1) is 16.1. The molecule has 0 saturated carbocycles. The molecule has 1 aromatic heterocycles. The predicted octanol–water partition coefficient (Wildman–Crippen LogP) is 1.73. The van der Waals surface area contributed by atoms with Crippen molar-refractivity contribution in [3.8, 4) is 11.8 Å². The van der Waals surface area contributed by atoms with Crippen LogP contribution in [0.25, 0.3) is 5.69 Å². The number of carboxylic acids is 1. The van der Waals surface area contributed by atoms with Gasteiger partial charge in [0.25, 0.3) is 0 Å². The summed E-state index contributed by atoms with van der Waals surface area (Å²) in [4.78, 5) is 22.5. The molecule has 0 amide bonds. The normalized spacial score (nSPS) is 10.1. The fourth-order valence-electron chi connectivity index (χ4n) is 2.19. The molecule has 0 fully saturated rings. The number of hydrogen-bond acceptors (Lipinski definition) is 5. The molecule has 1 heterocycles. The van der Waals surface area contributed by atoms with Gasteiger partial charge in [-0.25, -0.2) is 4.79 Å². The molecule has 1 aromatic carbocycles. The van der Waals surface area contributed by atoms with Gasteiger partial charge in [-0.05, 0) is 24.1 Å². The highest BCUT2D eigenvalue weighted by molar-refractivity contribution is 5.95. The average molecular weight is 313 g/mol. The SMILES string of the molecule is COC(=O)c1c(N)c(C#N)cn1-c1ccc(CCC(=O)O)cc1. The topological polar surface area (TPSA) is 118 Å². The van der Waals surface area contributed by atoms with E-state index in [0.717, 1.165) is 5.56 Å². The van der Waals surface area contributed by atoms with Crippen molar-refractivity contribution in [3.05, 3.63) is 47.3 Å². The Morgan fingerprint density at radius 1 is 1.35 bits per heavy atom. The van der Waals surface area contributed by atoms with E-state index in [0.29, 0.717) is 12.1 Å². The van der Waals surface area contributed by atoms with Crippen LogP contribution in [0, 0.1) is 11.3 Å². The molecule has 3 N–H and O–H groups in total. The quantitative estimate of drug-likeness (QED) is 0.811. The number of aryl methyl sites for hydroxylation is 1. The van der Waals surface area contributed by atoms with E-state index in [1.54, 1.807) is 24.3 Å². The standard InChI is InChI=1S/C16H15N3O4/c1-23-16(22)15-14(18)11(8-17)9-19(15)12-5-2-10(3-6-12)4-7-13(20)21/h2-3,5-6,9H,4,7,18H2,1H3,(H,20,21). The highest BCUT2D eigenvalue weighted by Crippen LogP contribution is 2.25. The summed E-state index contributed by atoms with van der Waals surface area (Å²) in [6, 6.07) is 8.91. The molecule has 0 aliphatic rings. The molecule has 7 heteroatoms. The number of aromatic nitrogens is 1. The number of carbonyl (C=O) groups excluding carboxylic acids is 1. The van der Waals surface area contributed by atoms with E-state index in [9.17, 15) is 9.59 Å². The van der Waals surface area contributed by atoms with Crippen LogP contribution in [0.15, 0.2) is 30.5 Å².